The van der Waals surface area contributed by atoms with E-state index in [1.807, 2.05) is 11.0 Å². The maximum Gasteiger partial charge on any atom is 0.275 e. The van der Waals surface area contributed by atoms with Crippen LogP contribution < -0.4 is 20.9 Å². The predicted octanol–water partition coefficient (Wildman–Crippen LogP) is 5.71. The van der Waals surface area contributed by atoms with Crippen LogP contribution in [0.5, 0.6) is 5.75 Å². The summed E-state index contributed by atoms with van der Waals surface area (Å²) in [5, 5.41) is 6.84. The standard InChI is InChI=1S/C38H40ClF3N6O4/c1-46-11-9-26-27(18-43-19-28(26)37(46)51)23-15-30(39)29(33(16-23)52-2)20-47-12-10-34(38(41,42)21-47)48-13-7-22(8-14-48)25-4-3-24(17-31(25)40)44-32-5-6-35(49)45-36(32)50/h3-4,9,11,15-19,22,32,34,44H,5-8,10,12-14,20-21H2,1-2H3,(H,45,49,50). The Morgan fingerprint density at radius 2 is 1.81 bits per heavy atom. The second kappa shape index (κ2) is 14.5. The zero-order chi connectivity index (χ0) is 36.7. The Balaban J connectivity index is 0.981. The van der Waals surface area contributed by atoms with Crippen LogP contribution in [-0.2, 0) is 23.2 Å². The van der Waals surface area contributed by atoms with E-state index in [0.29, 0.717) is 83.0 Å². The number of piperidine rings is 3. The molecule has 3 aliphatic heterocycles. The molecular weight excluding hydrogens is 697 g/mol. The molecule has 2 atom stereocenters. The number of ether oxygens (including phenoxy) is 1. The number of carbonyl (C=O) groups is 2. The number of rotatable bonds is 8. The maximum atomic E-state index is 15.9. The lowest BCUT2D eigenvalue weighted by atomic mass is 9.87. The fourth-order valence-electron chi connectivity index (χ4n) is 7.91. The van der Waals surface area contributed by atoms with Crippen molar-refractivity contribution in [2.45, 2.75) is 62.6 Å². The van der Waals surface area contributed by atoms with Gasteiger partial charge in [0.2, 0.25) is 11.8 Å². The van der Waals surface area contributed by atoms with Crippen LogP contribution in [0.15, 0.2) is 59.8 Å². The fraction of sp³-hybridized carbons (Fsp3) is 0.421. The number of halogens is 4. The van der Waals surface area contributed by atoms with Crippen molar-refractivity contribution in [2.75, 3.05) is 38.6 Å². The van der Waals surface area contributed by atoms with E-state index in [4.69, 9.17) is 16.3 Å². The first-order valence-corrected chi connectivity index (χ1v) is 17.8. The maximum absolute atomic E-state index is 15.9. The summed E-state index contributed by atoms with van der Waals surface area (Å²) in [6.07, 6.45) is 6.80. The van der Waals surface area contributed by atoms with E-state index < -0.39 is 36.3 Å². The van der Waals surface area contributed by atoms with Gasteiger partial charge in [0.15, 0.2) is 0 Å². The van der Waals surface area contributed by atoms with Crippen LogP contribution in [0.1, 0.15) is 49.1 Å². The number of aryl methyl sites for hydroxylation is 1. The van der Waals surface area contributed by atoms with Gasteiger partial charge in [-0.15, -0.1) is 0 Å². The van der Waals surface area contributed by atoms with Gasteiger partial charge in [0.25, 0.3) is 11.5 Å². The number of nitrogens with zero attached hydrogens (tertiary/aromatic N) is 4. The number of hydrogen-bond donors (Lipinski definition) is 2. The largest absolute Gasteiger partial charge is 0.496 e. The Labute approximate surface area is 303 Å². The van der Waals surface area contributed by atoms with Crippen molar-refractivity contribution in [1.82, 2.24) is 24.7 Å². The predicted molar refractivity (Wildman–Crippen MR) is 192 cm³/mol. The highest BCUT2D eigenvalue weighted by Crippen LogP contribution is 2.40. The molecule has 2 unspecified atom stereocenters. The zero-order valence-electron chi connectivity index (χ0n) is 28.9. The lowest BCUT2D eigenvalue weighted by Gasteiger charge is -2.46. The normalized spacial score (nSPS) is 21.7. The number of hydrogen-bond acceptors (Lipinski definition) is 8. The number of alkyl halides is 2. The van der Waals surface area contributed by atoms with Crippen LogP contribution in [0.4, 0.5) is 18.9 Å². The molecule has 0 saturated carbocycles. The van der Waals surface area contributed by atoms with Crippen molar-refractivity contribution >= 4 is 39.9 Å². The van der Waals surface area contributed by atoms with Gasteiger partial charge in [-0.25, -0.2) is 13.2 Å². The van der Waals surface area contributed by atoms with E-state index in [0.717, 1.165) is 5.39 Å². The number of pyridine rings is 2. The van der Waals surface area contributed by atoms with Crippen molar-refractivity contribution in [1.29, 1.82) is 0 Å². The lowest BCUT2D eigenvalue weighted by molar-refractivity contribution is -0.133. The highest BCUT2D eigenvalue weighted by molar-refractivity contribution is 6.32. The molecule has 10 nitrogen and oxygen atoms in total. The molecule has 0 bridgehead atoms. The van der Waals surface area contributed by atoms with Gasteiger partial charge in [-0.2, -0.15) is 0 Å². The molecule has 14 heteroatoms. The summed E-state index contributed by atoms with van der Waals surface area (Å²) in [5.74, 6) is -3.79. The highest BCUT2D eigenvalue weighted by atomic mass is 35.5. The van der Waals surface area contributed by atoms with Gasteiger partial charge in [-0.05, 0) is 91.5 Å². The van der Waals surface area contributed by atoms with E-state index in [1.54, 1.807) is 48.6 Å². The van der Waals surface area contributed by atoms with Crippen molar-refractivity contribution in [3.05, 3.63) is 87.3 Å². The fourth-order valence-corrected chi connectivity index (χ4v) is 8.18. The number of imide groups is 1. The molecule has 52 heavy (non-hydrogen) atoms. The molecule has 274 valence electrons. The number of fused-ring (bicyclic) bond motifs is 1. The molecule has 0 radical (unpaired) electrons. The van der Waals surface area contributed by atoms with Gasteiger partial charge in [0.05, 0.1) is 25.1 Å². The summed E-state index contributed by atoms with van der Waals surface area (Å²) in [6.45, 7) is 1.03. The first-order valence-electron chi connectivity index (χ1n) is 17.5. The number of benzene rings is 2. The summed E-state index contributed by atoms with van der Waals surface area (Å²) < 4.78 is 54.2. The second-order valence-corrected chi connectivity index (χ2v) is 14.4. The Morgan fingerprint density at radius 3 is 2.52 bits per heavy atom. The molecule has 5 heterocycles. The Kier molecular flexibility index (Phi) is 10.0. The molecule has 2 aromatic carbocycles. The third-order valence-corrected chi connectivity index (χ3v) is 11.0. The van der Waals surface area contributed by atoms with E-state index >= 15 is 13.2 Å². The molecule has 0 spiro atoms. The average molecular weight is 737 g/mol. The highest BCUT2D eigenvalue weighted by Gasteiger charge is 2.48. The van der Waals surface area contributed by atoms with Crippen LogP contribution in [0.25, 0.3) is 21.9 Å². The molecule has 3 aliphatic rings. The summed E-state index contributed by atoms with van der Waals surface area (Å²) in [4.78, 5) is 44.0. The van der Waals surface area contributed by atoms with E-state index in [1.165, 1.54) is 23.9 Å². The van der Waals surface area contributed by atoms with E-state index in [2.05, 4.69) is 15.6 Å². The van der Waals surface area contributed by atoms with Gasteiger partial charge >= 0.3 is 0 Å². The number of aromatic nitrogens is 2. The van der Waals surface area contributed by atoms with Crippen LogP contribution in [-0.4, -0.2) is 82.5 Å². The van der Waals surface area contributed by atoms with E-state index in [-0.39, 0.29) is 36.8 Å². The molecule has 2 amide bonds. The lowest BCUT2D eigenvalue weighted by Crippen LogP contribution is -2.59. The molecule has 3 fully saturated rings. The minimum Gasteiger partial charge on any atom is -0.496 e. The van der Waals surface area contributed by atoms with Gasteiger partial charge < -0.3 is 14.6 Å². The van der Waals surface area contributed by atoms with Crippen molar-refractivity contribution in [3.8, 4) is 16.9 Å². The van der Waals surface area contributed by atoms with E-state index in [9.17, 15) is 14.4 Å². The number of amides is 2. The zero-order valence-corrected chi connectivity index (χ0v) is 29.7. The molecule has 2 N–H and O–H groups in total. The molecule has 7 rings (SSSR count). The van der Waals surface area contributed by atoms with Crippen molar-refractivity contribution in [2.24, 2.45) is 7.05 Å². The Bertz CT molecular complexity index is 2090. The Morgan fingerprint density at radius 1 is 1.02 bits per heavy atom. The van der Waals surface area contributed by atoms with Crippen LogP contribution in [0, 0.1) is 5.82 Å². The number of methoxy groups -OCH3 is 1. The summed E-state index contributed by atoms with van der Waals surface area (Å²) in [7, 11) is 3.19. The number of anilines is 1. The SMILES string of the molecule is COc1cc(-c2cncc3c(=O)n(C)ccc23)cc(Cl)c1CN1CCC(N2CCC(c3ccc(NC4CCC(=O)NC4=O)cc3F)CC2)C(F)(F)C1. The van der Waals surface area contributed by atoms with Gasteiger partial charge in [-0.1, -0.05) is 17.7 Å². The molecule has 3 saturated heterocycles. The number of nitrogens with one attached hydrogen (secondary N) is 2. The summed E-state index contributed by atoms with van der Waals surface area (Å²) in [6, 6.07) is 8.63. The first-order chi connectivity index (χ1) is 24.9. The summed E-state index contributed by atoms with van der Waals surface area (Å²) >= 11 is 6.80. The monoisotopic (exact) mass is 736 g/mol. The van der Waals surface area contributed by atoms with Crippen LogP contribution >= 0.6 is 11.6 Å². The topological polar surface area (TPSA) is 109 Å². The third kappa shape index (κ3) is 7.13. The number of likely N-dealkylation sites (tertiary alicyclic amines) is 2. The summed E-state index contributed by atoms with van der Waals surface area (Å²) in [5.41, 5.74) is 2.82. The van der Waals surface area contributed by atoms with Crippen LogP contribution in [0.2, 0.25) is 5.02 Å². The van der Waals surface area contributed by atoms with Gasteiger partial charge in [0, 0.05) is 67.0 Å². The second-order valence-electron chi connectivity index (χ2n) is 14.0. The van der Waals surface area contributed by atoms with Crippen molar-refractivity contribution < 1.29 is 27.5 Å². The molecule has 0 aliphatic carbocycles. The first kappa shape index (κ1) is 35.9. The minimum atomic E-state index is -2.99. The van der Waals surface area contributed by atoms with Crippen LogP contribution in [0.3, 0.4) is 0 Å². The van der Waals surface area contributed by atoms with Crippen molar-refractivity contribution in [3.63, 3.8) is 0 Å². The van der Waals surface area contributed by atoms with Gasteiger partial charge in [0.1, 0.15) is 17.6 Å². The quantitative estimate of drug-likeness (QED) is 0.222. The Hall–Kier alpha value is -4.46. The third-order valence-electron chi connectivity index (χ3n) is 10.7. The minimum absolute atomic E-state index is 0.109. The smallest absolute Gasteiger partial charge is 0.275 e. The molecular formula is C38H40ClF3N6O4. The average Bonchev–Trinajstić information content (AvgIpc) is 3.11. The molecule has 4 aromatic rings. The van der Waals surface area contributed by atoms with Gasteiger partial charge in [-0.3, -0.25) is 34.5 Å². The molecule has 2 aromatic heterocycles. The number of carbonyl (C=O) groups excluding carboxylic acids is 2.